The Morgan fingerprint density at radius 1 is 1.35 bits per heavy atom. The van der Waals surface area contributed by atoms with Crippen LogP contribution in [0.15, 0.2) is 24.3 Å². The third kappa shape index (κ3) is 3.58. The van der Waals surface area contributed by atoms with Gasteiger partial charge in [0.15, 0.2) is 0 Å². The lowest BCUT2D eigenvalue weighted by atomic mass is 10.0. The Hall–Kier alpha value is -1.31. The monoisotopic (exact) mass is 230 g/mol. The van der Waals surface area contributed by atoms with Gasteiger partial charge in [0.1, 0.15) is 0 Å². The highest BCUT2D eigenvalue weighted by molar-refractivity contribution is 5.78. The molecular formula is C15H20NO. The van der Waals surface area contributed by atoms with Gasteiger partial charge in [0.2, 0.25) is 5.91 Å². The molecule has 1 aliphatic carbocycles. The summed E-state index contributed by atoms with van der Waals surface area (Å²) in [6.45, 7) is 2.07. The Bertz CT molecular complexity index is 380. The normalized spacial score (nSPS) is 16.1. The van der Waals surface area contributed by atoms with E-state index in [0.29, 0.717) is 12.5 Å². The summed E-state index contributed by atoms with van der Waals surface area (Å²) in [5.41, 5.74) is 2.38. The van der Waals surface area contributed by atoms with Gasteiger partial charge in [-0.1, -0.05) is 37.1 Å². The van der Waals surface area contributed by atoms with Gasteiger partial charge in [0, 0.05) is 18.9 Å². The molecule has 0 aliphatic heterocycles. The SMILES string of the molecule is Cc1ccccc1[CH]CC(=O)NC1CCCC1. The molecule has 1 saturated carbocycles. The molecule has 1 amide bonds. The van der Waals surface area contributed by atoms with Crippen molar-refractivity contribution in [3.63, 3.8) is 0 Å². The molecule has 0 atom stereocenters. The highest BCUT2D eigenvalue weighted by atomic mass is 16.1. The molecule has 0 unspecified atom stereocenters. The van der Waals surface area contributed by atoms with Crippen LogP contribution in [0.1, 0.15) is 43.2 Å². The Morgan fingerprint density at radius 2 is 2.06 bits per heavy atom. The van der Waals surface area contributed by atoms with Crippen LogP contribution in [0.25, 0.3) is 0 Å². The maximum Gasteiger partial charge on any atom is 0.220 e. The van der Waals surface area contributed by atoms with Crippen LogP contribution in [-0.4, -0.2) is 11.9 Å². The molecule has 2 nitrogen and oxygen atoms in total. The van der Waals surface area contributed by atoms with Crippen molar-refractivity contribution in [2.45, 2.75) is 45.1 Å². The third-order valence-corrected chi connectivity index (χ3v) is 3.42. The largest absolute Gasteiger partial charge is 0.353 e. The van der Waals surface area contributed by atoms with Gasteiger partial charge < -0.3 is 5.32 Å². The highest BCUT2D eigenvalue weighted by Crippen LogP contribution is 2.18. The first kappa shape index (κ1) is 12.2. The summed E-state index contributed by atoms with van der Waals surface area (Å²) in [7, 11) is 0. The Balaban J connectivity index is 1.77. The number of nitrogens with one attached hydrogen (secondary N) is 1. The van der Waals surface area contributed by atoms with Gasteiger partial charge in [-0.2, -0.15) is 0 Å². The van der Waals surface area contributed by atoms with E-state index in [1.54, 1.807) is 0 Å². The van der Waals surface area contributed by atoms with Gasteiger partial charge in [-0.15, -0.1) is 0 Å². The second kappa shape index (κ2) is 5.85. The van der Waals surface area contributed by atoms with Crippen molar-refractivity contribution in [3.05, 3.63) is 41.8 Å². The van der Waals surface area contributed by atoms with E-state index < -0.39 is 0 Å². The fourth-order valence-electron chi connectivity index (χ4n) is 2.38. The Morgan fingerprint density at radius 3 is 2.76 bits per heavy atom. The van der Waals surface area contributed by atoms with E-state index in [0.717, 1.165) is 18.4 Å². The van der Waals surface area contributed by atoms with Gasteiger partial charge in [0.25, 0.3) is 0 Å². The smallest absolute Gasteiger partial charge is 0.220 e. The molecule has 0 bridgehead atoms. The van der Waals surface area contributed by atoms with Crippen molar-refractivity contribution in [2.75, 3.05) is 0 Å². The molecule has 1 fully saturated rings. The number of rotatable bonds is 4. The third-order valence-electron chi connectivity index (χ3n) is 3.42. The molecule has 0 spiro atoms. The lowest BCUT2D eigenvalue weighted by molar-refractivity contribution is -0.121. The summed E-state index contributed by atoms with van der Waals surface area (Å²) < 4.78 is 0. The highest BCUT2D eigenvalue weighted by Gasteiger charge is 2.16. The van der Waals surface area contributed by atoms with Gasteiger partial charge in [0.05, 0.1) is 0 Å². The van der Waals surface area contributed by atoms with Crippen molar-refractivity contribution < 1.29 is 4.79 Å². The predicted molar refractivity (Wildman–Crippen MR) is 69.6 cm³/mol. The van der Waals surface area contributed by atoms with Crippen molar-refractivity contribution >= 4 is 5.91 Å². The summed E-state index contributed by atoms with van der Waals surface area (Å²) in [5.74, 6) is 0.153. The predicted octanol–water partition coefficient (Wildman–Crippen LogP) is 3.00. The van der Waals surface area contributed by atoms with Crippen molar-refractivity contribution in [1.29, 1.82) is 0 Å². The first-order valence-electron chi connectivity index (χ1n) is 6.44. The number of hydrogen-bond acceptors (Lipinski definition) is 1. The van der Waals surface area contributed by atoms with E-state index in [4.69, 9.17) is 0 Å². The Labute approximate surface area is 103 Å². The van der Waals surface area contributed by atoms with E-state index in [1.807, 2.05) is 18.6 Å². The topological polar surface area (TPSA) is 29.1 Å². The molecule has 1 N–H and O–H groups in total. The van der Waals surface area contributed by atoms with E-state index in [-0.39, 0.29) is 5.91 Å². The summed E-state index contributed by atoms with van der Waals surface area (Å²) in [5, 5.41) is 3.10. The second-order valence-electron chi connectivity index (χ2n) is 4.81. The molecule has 91 valence electrons. The minimum atomic E-state index is 0.153. The number of carbonyl (C=O) groups excluding carboxylic acids is 1. The lowest BCUT2D eigenvalue weighted by Gasteiger charge is -2.12. The van der Waals surface area contributed by atoms with Gasteiger partial charge >= 0.3 is 0 Å². The fraction of sp³-hybridized carbons (Fsp3) is 0.467. The molecule has 0 saturated heterocycles. The maximum absolute atomic E-state index is 11.7. The van der Waals surface area contributed by atoms with Crippen LogP contribution < -0.4 is 5.32 Å². The van der Waals surface area contributed by atoms with Crippen LogP contribution in [0, 0.1) is 13.3 Å². The average Bonchev–Trinajstić information content (AvgIpc) is 2.81. The summed E-state index contributed by atoms with van der Waals surface area (Å²) in [6, 6.07) is 8.57. The number of hydrogen-bond donors (Lipinski definition) is 1. The van der Waals surface area contributed by atoms with Gasteiger partial charge in [-0.3, -0.25) is 4.79 Å². The first-order chi connectivity index (χ1) is 8.25. The van der Waals surface area contributed by atoms with E-state index in [9.17, 15) is 4.79 Å². The molecule has 2 heteroatoms. The zero-order valence-electron chi connectivity index (χ0n) is 10.4. The molecule has 2 rings (SSSR count). The minimum absolute atomic E-state index is 0.153. The van der Waals surface area contributed by atoms with Crippen LogP contribution in [0.3, 0.4) is 0 Å². The number of carbonyl (C=O) groups is 1. The molecule has 1 aromatic rings. The zero-order valence-corrected chi connectivity index (χ0v) is 10.4. The van der Waals surface area contributed by atoms with Crippen molar-refractivity contribution in [2.24, 2.45) is 0 Å². The zero-order chi connectivity index (χ0) is 12.1. The molecule has 1 aliphatic rings. The second-order valence-corrected chi connectivity index (χ2v) is 4.81. The van der Waals surface area contributed by atoms with Crippen molar-refractivity contribution in [1.82, 2.24) is 5.32 Å². The van der Waals surface area contributed by atoms with Gasteiger partial charge in [-0.25, -0.2) is 0 Å². The molecule has 0 heterocycles. The molecule has 1 aromatic carbocycles. The van der Waals surface area contributed by atoms with E-state index >= 15 is 0 Å². The van der Waals surface area contributed by atoms with Crippen LogP contribution in [-0.2, 0) is 4.79 Å². The summed E-state index contributed by atoms with van der Waals surface area (Å²) in [6.07, 6.45) is 7.31. The fourth-order valence-corrected chi connectivity index (χ4v) is 2.38. The van der Waals surface area contributed by atoms with E-state index in [2.05, 4.69) is 24.4 Å². The molecule has 0 aromatic heterocycles. The minimum Gasteiger partial charge on any atom is -0.353 e. The molecule has 17 heavy (non-hydrogen) atoms. The molecular weight excluding hydrogens is 210 g/mol. The van der Waals surface area contributed by atoms with E-state index in [1.165, 1.54) is 18.4 Å². The lowest BCUT2D eigenvalue weighted by Crippen LogP contribution is -2.32. The van der Waals surface area contributed by atoms with Crippen LogP contribution in [0.2, 0.25) is 0 Å². The summed E-state index contributed by atoms with van der Waals surface area (Å²) >= 11 is 0. The summed E-state index contributed by atoms with van der Waals surface area (Å²) in [4.78, 5) is 11.7. The number of benzene rings is 1. The quantitative estimate of drug-likeness (QED) is 0.846. The Kier molecular flexibility index (Phi) is 4.18. The van der Waals surface area contributed by atoms with Crippen LogP contribution in [0.4, 0.5) is 0 Å². The average molecular weight is 230 g/mol. The maximum atomic E-state index is 11.7. The number of aryl methyl sites for hydroxylation is 1. The molecule has 1 radical (unpaired) electrons. The first-order valence-corrected chi connectivity index (χ1v) is 6.44. The van der Waals surface area contributed by atoms with Crippen LogP contribution >= 0.6 is 0 Å². The van der Waals surface area contributed by atoms with Gasteiger partial charge in [-0.05, 0) is 30.9 Å². The number of amides is 1. The van der Waals surface area contributed by atoms with Crippen molar-refractivity contribution in [3.8, 4) is 0 Å². The standard InChI is InChI=1S/C15H20NO/c1-12-6-2-3-7-13(12)10-11-15(17)16-14-8-4-5-9-14/h2-3,6-7,10,14H,4-5,8-9,11H2,1H3,(H,16,17). The van der Waals surface area contributed by atoms with Crippen LogP contribution in [0.5, 0.6) is 0 Å².